The minimum atomic E-state index is -0.228. The van der Waals surface area contributed by atoms with Crippen molar-refractivity contribution < 1.29 is 4.52 Å². The van der Waals surface area contributed by atoms with E-state index in [1.54, 1.807) is 6.07 Å². The minimum absolute atomic E-state index is 0.228. The predicted octanol–water partition coefficient (Wildman–Crippen LogP) is 3.44. The van der Waals surface area contributed by atoms with Crippen LogP contribution in [0.25, 0.3) is 11.4 Å². The van der Waals surface area contributed by atoms with E-state index in [2.05, 4.69) is 24.0 Å². The van der Waals surface area contributed by atoms with Crippen LogP contribution in [0.5, 0.6) is 0 Å². The zero-order valence-electron chi connectivity index (χ0n) is 10.4. The first-order valence-corrected chi connectivity index (χ1v) is 6.30. The van der Waals surface area contributed by atoms with Crippen molar-refractivity contribution >= 4 is 11.6 Å². The average Bonchev–Trinajstić information content (AvgIpc) is 2.78. The van der Waals surface area contributed by atoms with Gasteiger partial charge in [0.25, 0.3) is 0 Å². The number of hydrogen-bond acceptors (Lipinski definition) is 4. The zero-order chi connectivity index (χ0) is 13.1. The van der Waals surface area contributed by atoms with Crippen LogP contribution < -0.4 is 5.73 Å². The molecule has 1 heterocycles. The number of nitrogens with two attached hydrogens (primary N) is 1. The molecule has 0 radical (unpaired) electrons. The molecule has 0 spiro atoms. The van der Waals surface area contributed by atoms with E-state index in [1.807, 2.05) is 18.2 Å². The standard InChI is InChI=1S/C13H16ClN3O/c1-8(2)7-11(15)13-16-12(17-18-13)9-5-3-4-6-10(9)14/h3-6,8,11H,7,15H2,1-2H3/t11-/m0/s1. The minimum Gasteiger partial charge on any atom is -0.337 e. The number of rotatable bonds is 4. The number of hydrogen-bond donors (Lipinski definition) is 1. The van der Waals surface area contributed by atoms with E-state index in [4.69, 9.17) is 21.9 Å². The number of halogens is 1. The van der Waals surface area contributed by atoms with Crippen molar-refractivity contribution in [1.82, 2.24) is 10.1 Å². The molecule has 4 nitrogen and oxygen atoms in total. The van der Waals surface area contributed by atoms with Crippen molar-refractivity contribution in [2.45, 2.75) is 26.3 Å². The Morgan fingerprint density at radius 1 is 1.33 bits per heavy atom. The molecular weight excluding hydrogens is 250 g/mol. The van der Waals surface area contributed by atoms with Crippen LogP contribution in [0.15, 0.2) is 28.8 Å². The normalized spacial score (nSPS) is 12.9. The van der Waals surface area contributed by atoms with Crippen LogP contribution in [0, 0.1) is 5.92 Å². The van der Waals surface area contributed by atoms with Crippen LogP contribution in [0.2, 0.25) is 5.02 Å². The summed E-state index contributed by atoms with van der Waals surface area (Å²) in [5.41, 5.74) is 6.75. The van der Waals surface area contributed by atoms with Gasteiger partial charge in [0.1, 0.15) is 0 Å². The predicted molar refractivity (Wildman–Crippen MR) is 71.1 cm³/mol. The molecule has 0 unspecified atom stereocenters. The van der Waals surface area contributed by atoms with E-state index < -0.39 is 0 Å². The Hall–Kier alpha value is -1.39. The Bertz CT molecular complexity index is 524. The Balaban J connectivity index is 2.23. The summed E-state index contributed by atoms with van der Waals surface area (Å²) in [6, 6.07) is 7.16. The summed E-state index contributed by atoms with van der Waals surface area (Å²) < 4.78 is 5.19. The summed E-state index contributed by atoms with van der Waals surface area (Å²) in [4.78, 5) is 4.31. The Labute approximate surface area is 111 Å². The largest absolute Gasteiger partial charge is 0.337 e. The third-order valence-electron chi connectivity index (χ3n) is 2.60. The van der Waals surface area contributed by atoms with Gasteiger partial charge in [-0.2, -0.15) is 4.98 Å². The van der Waals surface area contributed by atoms with Gasteiger partial charge in [0.2, 0.25) is 11.7 Å². The van der Waals surface area contributed by atoms with E-state index in [0.29, 0.717) is 22.7 Å². The lowest BCUT2D eigenvalue weighted by Crippen LogP contribution is -2.13. The van der Waals surface area contributed by atoms with Crippen LogP contribution in [0.4, 0.5) is 0 Å². The second-order valence-corrected chi connectivity index (χ2v) is 5.08. The highest BCUT2D eigenvalue weighted by atomic mass is 35.5. The SMILES string of the molecule is CC(C)C[C@H](N)c1nc(-c2ccccc2Cl)no1. The van der Waals surface area contributed by atoms with Crippen LogP contribution >= 0.6 is 11.6 Å². The third-order valence-corrected chi connectivity index (χ3v) is 2.93. The smallest absolute Gasteiger partial charge is 0.243 e. The summed E-state index contributed by atoms with van der Waals surface area (Å²) in [5, 5.41) is 4.52. The molecule has 2 N–H and O–H groups in total. The second-order valence-electron chi connectivity index (χ2n) is 4.67. The van der Waals surface area contributed by atoms with Crippen molar-refractivity contribution in [1.29, 1.82) is 0 Å². The zero-order valence-corrected chi connectivity index (χ0v) is 11.2. The molecule has 0 saturated carbocycles. The molecule has 1 atom stereocenters. The first-order valence-electron chi connectivity index (χ1n) is 5.92. The summed E-state index contributed by atoms with van der Waals surface area (Å²) >= 11 is 6.08. The fourth-order valence-electron chi connectivity index (χ4n) is 1.75. The van der Waals surface area contributed by atoms with Gasteiger partial charge < -0.3 is 10.3 Å². The monoisotopic (exact) mass is 265 g/mol. The molecular formula is C13H16ClN3O. The van der Waals surface area contributed by atoms with Crippen LogP contribution in [-0.2, 0) is 0 Å². The van der Waals surface area contributed by atoms with Crippen molar-refractivity contribution in [2.75, 3.05) is 0 Å². The second kappa shape index (κ2) is 5.50. The Morgan fingerprint density at radius 3 is 2.72 bits per heavy atom. The van der Waals surface area contributed by atoms with Gasteiger partial charge in [0.15, 0.2) is 0 Å². The summed E-state index contributed by atoms with van der Waals surface area (Å²) in [6.07, 6.45) is 0.810. The van der Waals surface area contributed by atoms with Gasteiger partial charge in [0, 0.05) is 5.56 Å². The van der Waals surface area contributed by atoms with Crippen LogP contribution in [0.1, 0.15) is 32.2 Å². The number of benzene rings is 1. The maximum Gasteiger partial charge on any atom is 0.243 e. The summed E-state index contributed by atoms with van der Waals surface area (Å²) in [6.45, 7) is 4.20. The highest BCUT2D eigenvalue weighted by Gasteiger charge is 2.17. The van der Waals surface area contributed by atoms with E-state index >= 15 is 0 Å². The third kappa shape index (κ3) is 2.89. The molecule has 0 saturated heterocycles. The molecule has 0 bridgehead atoms. The first kappa shape index (κ1) is 13.1. The molecule has 1 aromatic carbocycles. The topological polar surface area (TPSA) is 64.9 Å². The van der Waals surface area contributed by atoms with Crippen molar-refractivity contribution in [2.24, 2.45) is 11.7 Å². The van der Waals surface area contributed by atoms with Crippen molar-refractivity contribution in [3.63, 3.8) is 0 Å². The molecule has 0 amide bonds. The Morgan fingerprint density at radius 2 is 2.06 bits per heavy atom. The van der Waals surface area contributed by atoms with Gasteiger partial charge in [-0.1, -0.05) is 42.7 Å². The summed E-state index contributed by atoms with van der Waals surface area (Å²) in [7, 11) is 0. The van der Waals surface area contributed by atoms with E-state index in [-0.39, 0.29) is 6.04 Å². The molecule has 0 aliphatic heterocycles. The molecule has 0 aliphatic carbocycles. The highest BCUT2D eigenvalue weighted by molar-refractivity contribution is 6.33. The molecule has 1 aromatic heterocycles. The quantitative estimate of drug-likeness (QED) is 0.920. The van der Waals surface area contributed by atoms with E-state index in [0.717, 1.165) is 12.0 Å². The molecule has 2 rings (SSSR count). The lowest BCUT2D eigenvalue weighted by atomic mass is 10.0. The lowest BCUT2D eigenvalue weighted by molar-refractivity contribution is 0.335. The molecule has 0 aliphatic rings. The van der Waals surface area contributed by atoms with Crippen molar-refractivity contribution in [3.05, 3.63) is 35.2 Å². The number of nitrogens with zero attached hydrogens (tertiary/aromatic N) is 2. The van der Waals surface area contributed by atoms with Gasteiger partial charge in [0.05, 0.1) is 11.1 Å². The van der Waals surface area contributed by atoms with Gasteiger partial charge in [-0.05, 0) is 24.5 Å². The van der Waals surface area contributed by atoms with Gasteiger partial charge in [-0.15, -0.1) is 0 Å². The molecule has 5 heteroatoms. The maximum absolute atomic E-state index is 6.08. The summed E-state index contributed by atoms with van der Waals surface area (Å²) in [5.74, 6) is 1.42. The van der Waals surface area contributed by atoms with Gasteiger partial charge in [-0.25, -0.2) is 0 Å². The Kier molecular flexibility index (Phi) is 3.99. The maximum atomic E-state index is 6.08. The molecule has 96 valence electrons. The van der Waals surface area contributed by atoms with Gasteiger partial charge in [-0.3, -0.25) is 0 Å². The van der Waals surface area contributed by atoms with Crippen molar-refractivity contribution in [3.8, 4) is 11.4 Å². The van der Waals surface area contributed by atoms with Gasteiger partial charge >= 0.3 is 0 Å². The van der Waals surface area contributed by atoms with E-state index in [1.165, 1.54) is 0 Å². The first-order chi connectivity index (χ1) is 8.58. The average molecular weight is 266 g/mol. The number of aromatic nitrogens is 2. The lowest BCUT2D eigenvalue weighted by Gasteiger charge is -2.08. The molecule has 2 aromatic rings. The van der Waals surface area contributed by atoms with Crippen LogP contribution in [0.3, 0.4) is 0 Å². The fraction of sp³-hybridized carbons (Fsp3) is 0.385. The highest BCUT2D eigenvalue weighted by Crippen LogP contribution is 2.26. The fourth-order valence-corrected chi connectivity index (χ4v) is 1.97. The van der Waals surface area contributed by atoms with Crippen LogP contribution in [-0.4, -0.2) is 10.1 Å². The molecule has 18 heavy (non-hydrogen) atoms. The van der Waals surface area contributed by atoms with E-state index in [9.17, 15) is 0 Å². The molecule has 0 fully saturated rings.